The first-order chi connectivity index (χ1) is 11.0. The molecule has 122 valence electrons. The molecule has 0 amide bonds. The Morgan fingerprint density at radius 3 is 3.09 bits per heavy atom. The number of carbonyl (C=O) groups is 1. The van der Waals surface area contributed by atoms with Gasteiger partial charge in [-0.05, 0) is 38.4 Å². The first kappa shape index (κ1) is 15.6. The molecule has 0 bridgehead atoms. The van der Waals surface area contributed by atoms with Crippen LogP contribution in [0.15, 0.2) is 28.8 Å². The molecule has 1 aromatic carbocycles. The van der Waals surface area contributed by atoms with E-state index in [0.717, 1.165) is 19.4 Å². The van der Waals surface area contributed by atoms with Gasteiger partial charge in [0.25, 0.3) is 0 Å². The molecular formula is C16H18FN3O3. The quantitative estimate of drug-likeness (QED) is 0.933. The van der Waals surface area contributed by atoms with Crippen LogP contribution in [0, 0.1) is 5.82 Å². The van der Waals surface area contributed by atoms with Crippen LogP contribution in [0.4, 0.5) is 4.39 Å². The number of piperidine rings is 1. The van der Waals surface area contributed by atoms with Gasteiger partial charge < -0.3 is 9.63 Å². The standard InChI is InChI=1S/C16H18FN3O3/c1-10(16(21)22)20-7-3-5-12(9-20)15-18-14(19-23-15)11-4-2-6-13(17)8-11/h2,4,6,8,10,12H,3,5,7,9H2,1H3,(H,21,22)/t10-,12+/m0/s1. The molecule has 7 heteroatoms. The smallest absolute Gasteiger partial charge is 0.320 e. The number of aromatic nitrogens is 2. The van der Waals surface area contributed by atoms with Crippen molar-refractivity contribution in [3.8, 4) is 11.4 Å². The summed E-state index contributed by atoms with van der Waals surface area (Å²) < 4.78 is 18.6. The molecule has 6 nitrogen and oxygen atoms in total. The largest absolute Gasteiger partial charge is 0.480 e. The fourth-order valence-corrected chi connectivity index (χ4v) is 2.86. The van der Waals surface area contributed by atoms with Crippen LogP contribution in [0.2, 0.25) is 0 Å². The summed E-state index contributed by atoms with van der Waals surface area (Å²) in [4.78, 5) is 17.4. The Hall–Kier alpha value is -2.28. The molecule has 2 heterocycles. The fourth-order valence-electron chi connectivity index (χ4n) is 2.86. The van der Waals surface area contributed by atoms with Crippen molar-refractivity contribution in [3.05, 3.63) is 36.0 Å². The number of rotatable bonds is 4. The predicted molar refractivity (Wildman–Crippen MR) is 80.3 cm³/mol. The van der Waals surface area contributed by atoms with Crippen molar-refractivity contribution in [3.63, 3.8) is 0 Å². The molecule has 0 spiro atoms. The van der Waals surface area contributed by atoms with Gasteiger partial charge in [-0.2, -0.15) is 4.98 Å². The van der Waals surface area contributed by atoms with E-state index in [-0.39, 0.29) is 11.7 Å². The fraction of sp³-hybridized carbons (Fsp3) is 0.438. The number of nitrogens with zero attached hydrogens (tertiary/aromatic N) is 3. The first-order valence-corrected chi connectivity index (χ1v) is 7.61. The Morgan fingerprint density at radius 2 is 2.35 bits per heavy atom. The van der Waals surface area contributed by atoms with Crippen molar-refractivity contribution in [2.75, 3.05) is 13.1 Å². The summed E-state index contributed by atoms with van der Waals surface area (Å²) in [6, 6.07) is 5.49. The topological polar surface area (TPSA) is 79.5 Å². The molecule has 0 unspecified atom stereocenters. The first-order valence-electron chi connectivity index (χ1n) is 7.61. The van der Waals surface area contributed by atoms with E-state index < -0.39 is 12.0 Å². The second-order valence-electron chi connectivity index (χ2n) is 5.81. The molecule has 0 radical (unpaired) electrons. The van der Waals surface area contributed by atoms with Gasteiger partial charge in [0.2, 0.25) is 11.7 Å². The van der Waals surface area contributed by atoms with E-state index in [1.54, 1.807) is 19.1 Å². The van der Waals surface area contributed by atoms with Crippen molar-refractivity contribution in [2.45, 2.75) is 31.7 Å². The van der Waals surface area contributed by atoms with Gasteiger partial charge >= 0.3 is 5.97 Å². The summed E-state index contributed by atoms with van der Waals surface area (Å²) in [6.45, 7) is 2.99. The highest BCUT2D eigenvalue weighted by Crippen LogP contribution is 2.28. The highest BCUT2D eigenvalue weighted by molar-refractivity contribution is 5.72. The number of carboxylic acid groups (broad SMARTS) is 1. The van der Waals surface area contributed by atoms with Crippen LogP contribution in [0.5, 0.6) is 0 Å². The number of hydrogen-bond donors (Lipinski definition) is 1. The monoisotopic (exact) mass is 319 g/mol. The minimum Gasteiger partial charge on any atom is -0.480 e. The van der Waals surface area contributed by atoms with Crippen molar-refractivity contribution in [1.29, 1.82) is 0 Å². The van der Waals surface area contributed by atoms with Gasteiger partial charge in [-0.3, -0.25) is 9.69 Å². The summed E-state index contributed by atoms with van der Waals surface area (Å²) in [6.07, 6.45) is 1.74. The number of benzene rings is 1. The Morgan fingerprint density at radius 1 is 1.52 bits per heavy atom. The summed E-state index contributed by atoms with van der Waals surface area (Å²) in [7, 11) is 0. The van der Waals surface area contributed by atoms with Gasteiger partial charge in [0.05, 0.1) is 5.92 Å². The maximum atomic E-state index is 13.3. The molecule has 23 heavy (non-hydrogen) atoms. The normalized spacial score (nSPS) is 20.3. The van der Waals surface area contributed by atoms with E-state index in [0.29, 0.717) is 23.8 Å². The Labute approximate surface area is 132 Å². The van der Waals surface area contributed by atoms with Crippen LogP contribution in [0.1, 0.15) is 31.6 Å². The van der Waals surface area contributed by atoms with Gasteiger partial charge in [0, 0.05) is 12.1 Å². The van der Waals surface area contributed by atoms with Gasteiger partial charge in [-0.1, -0.05) is 17.3 Å². The van der Waals surface area contributed by atoms with Crippen molar-refractivity contribution < 1.29 is 18.8 Å². The molecule has 1 N–H and O–H groups in total. The third kappa shape index (κ3) is 3.39. The molecule has 0 saturated carbocycles. The molecule has 1 aliphatic heterocycles. The predicted octanol–water partition coefficient (Wildman–Crippen LogP) is 2.53. The van der Waals surface area contributed by atoms with Crippen LogP contribution < -0.4 is 0 Å². The van der Waals surface area contributed by atoms with Crippen LogP contribution in [0.3, 0.4) is 0 Å². The van der Waals surface area contributed by atoms with E-state index in [1.807, 2.05) is 4.90 Å². The van der Waals surface area contributed by atoms with E-state index in [4.69, 9.17) is 9.63 Å². The Kier molecular flexibility index (Phi) is 4.38. The lowest BCUT2D eigenvalue weighted by Crippen LogP contribution is -2.44. The third-order valence-corrected chi connectivity index (χ3v) is 4.23. The summed E-state index contributed by atoms with van der Waals surface area (Å²) in [5, 5.41) is 13.1. The number of halogens is 1. The minimum atomic E-state index is -0.836. The zero-order valence-corrected chi connectivity index (χ0v) is 12.8. The second kappa shape index (κ2) is 6.45. The summed E-state index contributed by atoms with van der Waals surface area (Å²) in [5.74, 6) is -0.362. The highest BCUT2D eigenvalue weighted by Gasteiger charge is 2.30. The second-order valence-corrected chi connectivity index (χ2v) is 5.81. The van der Waals surface area contributed by atoms with Gasteiger partial charge in [-0.25, -0.2) is 4.39 Å². The number of aliphatic carboxylic acids is 1. The lowest BCUT2D eigenvalue weighted by molar-refractivity contribution is -0.143. The summed E-state index contributed by atoms with van der Waals surface area (Å²) >= 11 is 0. The minimum absolute atomic E-state index is 0.000333. The SMILES string of the molecule is C[C@@H](C(=O)O)N1CCC[C@@H](c2nc(-c3cccc(F)c3)no2)C1. The average molecular weight is 319 g/mol. The Bertz CT molecular complexity index is 703. The van der Waals surface area contributed by atoms with Gasteiger partial charge in [0.15, 0.2) is 0 Å². The van der Waals surface area contributed by atoms with Crippen molar-refractivity contribution in [2.24, 2.45) is 0 Å². The number of hydrogen-bond acceptors (Lipinski definition) is 5. The van der Waals surface area contributed by atoms with Gasteiger partial charge in [-0.15, -0.1) is 0 Å². The van der Waals surface area contributed by atoms with Crippen LogP contribution >= 0.6 is 0 Å². The third-order valence-electron chi connectivity index (χ3n) is 4.23. The van der Waals surface area contributed by atoms with E-state index in [9.17, 15) is 9.18 Å². The maximum Gasteiger partial charge on any atom is 0.320 e. The molecule has 2 atom stereocenters. The van der Waals surface area contributed by atoms with Crippen LogP contribution in [-0.2, 0) is 4.79 Å². The zero-order valence-electron chi connectivity index (χ0n) is 12.8. The molecule has 1 saturated heterocycles. The molecule has 2 aromatic rings. The van der Waals surface area contributed by atoms with E-state index in [1.165, 1.54) is 12.1 Å². The lowest BCUT2D eigenvalue weighted by atomic mass is 9.97. The van der Waals surface area contributed by atoms with Crippen LogP contribution in [0.25, 0.3) is 11.4 Å². The Balaban J connectivity index is 1.76. The number of carboxylic acids is 1. The average Bonchev–Trinajstić information content (AvgIpc) is 3.04. The maximum absolute atomic E-state index is 13.3. The zero-order chi connectivity index (χ0) is 16.4. The van der Waals surface area contributed by atoms with Crippen LogP contribution in [-0.4, -0.2) is 45.2 Å². The van der Waals surface area contributed by atoms with E-state index >= 15 is 0 Å². The van der Waals surface area contributed by atoms with Crippen molar-refractivity contribution >= 4 is 5.97 Å². The summed E-state index contributed by atoms with van der Waals surface area (Å²) in [5.41, 5.74) is 0.562. The molecular weight excluding hydrogens is 301 g/mol. The van der Waals surface area contributed by atoms with Gasteiger partial charge in [0.1, 0.15) is 11.9 Å². The molecule has 1 aliphatic rings. The molecule has 0 aliphatic carbocycles. The van der Waals surface area contributed by atoms with E-state index in [2.05, 4.69) is 10.1 Å². The lowest BCUT2D eigenvalue weighted by Gasteiger charge is -2.33. The number of likely N-dealkylation sites (tertiary alicyclic amines) is 1. The molecule has 1 aromatic heterocycles. The van der Waals surface area contributed by atoms with Crippen molar-refractivity contribution in [1.82, 2.24) is 15.0 Å². The highest BCUT2D eigenvalue weighted by atomic mass is 19.1. The molecule has 1 fully saturated rings. The molecule has 3 rings (SSSR count).